The Balaban J connectivity index is 3.53. The van der Waals surface area contributed by atoms with Gasteiger partial charge in [-0.15, -0.1) is 0 Å². The Labute approximate surface area is 69.5 Å². The maximum Gasteiger partial charge on any atom is 0.0639 e. The smallest absolute Gasteiger partial charge is 0.0639 e. The summed E-state index contributed by atoms with van der Waals surface area (Å²) in [6.07, 6.45) is 1.92. The van der Waals surface area contributed by atoms with Crippen LogP contribution in [-0.2, 0) is 0 Å². The van der Waals surface area contributed by atoms with Gasteiger partial charge in [-0.25, -0.2) is 0 Å². The first-order chi connectivity index (χ1) is 5.02. The molecule has 0 aliphatic heterocycles. The van der Waals surface area contributed by atoms with E-state index in [9.17, 15) is 0 Å². The van der Waals surface area contributed by atoms with Crippen molar-refractivity contribution in [2.45, 2.75) is 26.9 Å². The van der Waals surface area contributed by atoms with Crippen molar-refractivity contribution in [3.05, 3.63) is 11.6 Å². The van der Waals surface area contributed by atoms with E-state index < -0.39 is 0 Å². The number of nitrogens with zero attached hydrogens (tertiary/aromatic N) is 1. The number of hydrogen-bond acceptors (Lipinski definition) is 2. The second-order valence-corrected chi connectivity index (χ2v) is 3.35. The Morgan fingerprint density at radius 2 is 2.09 bits per heavy atom. The van der Waals surface area contributed by atoms with Crippen LogP contribution in [0.1, 0.15) is 20.8 Å². The van der Waals surface area contributed by atoms with Crippen LogP contribution in [0, 0.1) is 0 Å². The van der Waals surface area contributed by atoms with E-state index in [-0.39, 0.29) is 6.10 Å². The molecule has 0 aromatic rings. The average Bonchev–Trinajstić information content (AvgIpc) is 1.82. The van der Waals surface area contributed by atoms with Gasteiger partial charge in [-0.05, 0) is 27.8 Å². The highest BCUT2D eigenvalue weighted by Crippen LogP contribution is 1.92. The number of rotatable bonds is 4. The van der Waals surface area contributed by atoms with E-state index in [0.29, 0.717) is 0 Å². The van der Waals surface area contributed by atoms with Gasteiger partial charge < -0.3 is 10.0 Å². The number of hydrogen-bond donors (Lipinski definition) is 1. The molecule has 0 saturated heterocycles. The van der Waals surface area contributed by atoms with Gasteiger partial charge >= 0.3 is 0 Å². The van der Waals surface area contributed by atoms with Crippen LogP contribution in [0.5, 0.6) is 0 Å². The SMILES string of the molecule is CC(C)=CCN(C)C[C@H](C)O. The van der Waals surface area contributed by atoms with Gasteiger partial charge in [0, 0.05) is 13.1 Å². The molecule has 2 nitrogen and oxygen atoms in total. The lowest BCUT2D eigenvalue weighted by Crippen LogP contribution is -2.27. The van der Waals surface area contributed by atoms with E-state index in [0.717, 1.165) is 13.1 Å². The maximum absolute atomic E-state index is 9.03. The molecular weight excluding hydrogens is 138 g/mol. The third kappa shape index (κ3) is 7.56. The van der Waals surface area contributed by atoms with Crippen molar-refractivity contribution >= 4 is 0 Å². The molecule has 2 heteroatoms. The molecule has 0 unspecified atom stereocenters. The van der Waals surface area contributed by atoms with Crippen molar-refractivity contribution in [3.8, 4) is 0 Å². The molecule has 0 spiro atoms. The zero-order valence-electron chi connectivity index (χ0n) is 7.96. The highest BCUT2D eigenvalue weighted by atomic mass is 16.3. The Morgan fingerprint density at radius 1 is 1.55 bits per heavy atom. The second kappa shape index (κ2) is 5.33. The van der Waals surface area contributed by atoms with Crippen LogP contribution < -0.4 is 0 Å². The van der Waals surface area contributed by atoms with Gasteiger partial charge in [-0.2, -0.15) is 0 Å². The zero-order chi connectivity index (χ0) is 8.85. The molecule has 0 heterocycles. The van der Waals surface area contributed by atoms with E-state index in [1.54, 1.807) is 6.92 Å². The molecule has 1 N–H and O–H groups in total. The van der Waals surface area contributed by atoms with E-state index in [1.165, 1.54) is 5.57 Å². The summed E-state index contributed by atoms with van der Waals surface area (Å²) in [7, 11) is 2.01. The minimum atomic E-state index is -0.231. The van der Waals surface area contributed by atoms with E-state index in [1.807, 2.05) is 7.05 Å². The van der Waals surface area contributed by atoms with Crippen molar-refractivity contribution in [2.24, 2.45) is 0 Å². The molecule has 66 valence electrons. The Hall–Kier alpha value is -0.340. The van der Waals surface area contributed by atoms with Crippen LogP contribution in [-0.4, -0.2) is 36.2 Å². The molecule has 0 aliphatic carbocycles. The quantitative estimate of drug-likeness (QED) is 0.621. The fourth-order valence-corrected chi connectivity index (χ4v) is 0.864. The minimum Gasteiger partial charge on any atom is -0.392 e. The van der Waals surface area contributed by atoms with Crippen LogP contribution in [0.2, 0.25) is 0 Å². The van der Waals surface area contributed by atoms with Gasteiger partial charge in [0.25, 0.3) is 0 Å². The standard InChI is InChI=1S/C9H19NO/c1-8(2)5-6-10(4)7-9(3)11/h5,9,11H,6-7H2,1-4H3/t9-/m0/s1. The first kappa shape index (κ1) is 10.7. The fourth-order valence-electron chi connectivity index (χ4n) is 0.864. The van der Waals surface area contributed by atoms with E-state index in [4.69, 9.17) is 5.11 Å². The minimum absolute atomic E-state index is 0.231. The van der Waals surface area contributed by atoms with Crippen molar-refractivity contribution in [2.75, 3.05) is 20.1 Å². The summed E-state index contributed by atoms with van der Waals surface area (Å²) in [5.41, 5.74) is 1.32. The number of aliphatic hydroxyl groups excluding tert-OH is 1. The van der Waals surface area contributed by atoms with Crippen molar-refractivity contribution < 1.29 is 5.11 Å². The van der Waals surface area contributed by atoms with E-state index in [2.05, 4.69) is 24.8 Å². The van der Waals surface area contributed by atoms with Crippen LogP contribution in [0.25, 0.3) is 0 Å². The molecule has 11 heavy (non-hydrogen) atoms. The lowest BCUT2D eigenvalue weighted by atomic mass is 10.3. The third-order valence-corrected chi connectivity index (χ3v) is 1.39. The van der Waals surface area contributed by atoms with Crippen molar-refractivity contribution in [1.82, 2.24) is 4.90 Å². The third-order valence-electron chi connectivity index (χ3n) is 1.39. The van der Waals surface area contributed by atoms with Crippen LogP contribution in [0.3, 0.4) is 0 Å². The maximum atomic E-state index is 9.03. The molecular formula is C9H19NO. The second-order valence-electron chi connectivity index (χ2n) is 3.35. The van der Waals surface area contributed by atoms with Crippen LogP contribution >= 0.6 is 0 Å². The highest BCUT2D eigenvalue weighted by molar-refractivity contribution is 4.94. The number of likely N-dealkylation sites (N-methyl/N-ethyl adjacent to an activating group) is 1. The molecule has 0 aromatic carbocycles. The first-order valence-corrected chi connectivity index (χ1v) is 4.02. The molecule has 0 fully saturated rings. The van der Waals surface area contributed by atoms with Gasteiger partial charge in [0.1, 0.15) is 0 Å². The molecule has 0 amide bonds. The summed E-state index contributed by atoms with van der Waals surface area (Å²) < 4.78 is 0. The summed E-state index contributed by atoms with van der Waals surface area (Å²) in [5.74, 6) is 0. The summed E-state index contributed by atoms with van der Waals surface area (Å²) in [6, 6.07) is 0. The van der Waals surface area contributed by atoms with Crippen LogP contribution in [0.4, 0.5) is 0 Å². The molecule has 0 aromatic heterocycles. The van der Waals surface area contributed by atoms with Gasteiger partial charge in [-0.1, -0.05) is 11.6 Å². The fraction of sp³-hybridized carbons (Fsp3) is 0.778. The molecule has 0 bridgehead atoms. The van der Waals surface area contributed by atoms with E-state index >= 15 is 0 Å². The molecule has 0 radical (unpaired) electrons. The van der Waals surface area contributed by atoms with Gasteiger partial charge in [0.2, 0.25) is 0 Å². The van der Waals surface area contributed by atoms with Crippen LogP contribution in [0.15, 0.2) is 11.6 Å². The summed E-state index contributed by atoms with van der Waals surface area (Å²) in [6.45, 7) is 7.63. The first-order valence-electron chi connectivity index (χ1n) is 4.02. The Bertz CT molecular complexity index is 126. The molecule has 0 aliphatic rings. The Morgan fingerprint density at radius 3 is 2.45 bits per heavy atom. The normalized spacial score (nSPS) is 13.3. The number of aliphatic hydroxyl groups is 1. The average molecular weight is 157 g/mol. The number of allylic oxidation sites excluding steroid dienone is 1. The monoisotopic (exact) mass is 157 g/mol. The van der Waals surface area contributed by atoms with Gasteiger partial charge in [0.15, 0.2) is 0 Å². The largest absolute Gasteiger partial charge is 0.392 e. The zero-order valence-corrected chi connectivity index (χ0v) is 7.96. The van der Waals surface area contributed by atoms with Crippen molar-refractivity contribution in [1.29, 1.82) is 0 Å². The lowest BCUT2D eigenvalue weighted by Gasteiger charge is -2.16. The van der Waals surface area contributed by atoms with Gasteiger partial charge in [-0.3, -0.25) is 0 Å². The Kier molecular flexibility index (Phi) is 5.16. The summed E-state index contributed by atoms with van der Waals surface area (Å²) >= 11 is 0. The van der Waals surface area contributed by atoms with Gasteiger partial charge in [0.05, 0.1) is 6.10 Å². The lowest BCUT2D eigenvalue weighted by molar-refractivity contribution is 0.147. The van der Waals surface area contributed by atoms with Crippen molar-refractivity contribution in [3.63, 3.8) is 0 Å². The summed E-state index contributed by atoms with van der Waals surface area (Å²) in [4.78, 5) is 2.09. The molecule has 1 atom stereocenters. The predicted octanol–water partition coefficient (Wildman–Crippen LogP) is 1.27. The predicted molar refractivity (Wildman–Crippen MR) is 48.6 cm³/mol. The topological polar surface area (TPSA) is 23.5 Å². The molecule has 0 rings (SSSR count). The molecule has 0 saturated carbocycles. The highest BCUT2D eigenvalue weighted by Gasteiger charge is 1.99. The summed E-state index contributed by atoms with van der Waals surface area (Å²) in [5, 5.41) is 9.03.